The number of carbonyl (C=O) groups excluding carboxylic acids is 2. The molecule has 1 atom stereocenters. The number of halogens is 2. The molecule has 2 aromatic rings. The molecule has 0 fully saturated rings. The lowest BCUT2D eigenvalue weighted by Gasteiger charge is -2.29. The summed E-state index contributed by atoms with van der Waals surface area (Å²) in [6.45, 7) is 4.10. The number of hydrogen-bond acceptors (Lipinski definition) is 9. The largest absolute Gasteiger partial charge is 0.463 e. The van der Waals surface area contributed by atoms with Crippen molar-refractivity contribution < 1.29 is 24.0 Å². The van der Waals surface area contributed by atoms with E-state index in [1.54, 1.807) is 32.0 Å². The molecule has 10 nitrogen and oxygen atoms in total. The maximum absolute atomic E-state index is 13.4. The summed E-state index contributed by atoms with van der Waals surface area (Å²) in [7, 11) is 1.84. The summed E-state index contributed by atoms with van der Waals surface area (Å²) in [5.74, 6) is -2.68. The molecule has 39 heavy (non-hydrogen) atoms. The van der Waals surface area contributed by atoms with E-state index in [2.05, 4.69) is 5.32 Å². The topological polar surface area (TPSA) is 135 Å². The van der Waals surface area contributed by atoms with Crippen LogP contribution in [0.15, 0.2) is 65.0 Å². The molecule has 1 unspecified atom stereocenters. The van der Waals surface area contributed by atoms with Gasteiger partial charge in [0.15, 0.2) is 0 Å². The predicted octanol–water partition coefficient (Wildman–Crippen LogP) is 4.88. The number of nitro groups is 1. The third-order valence-corrected chi connectivity index (χ3v) is 6.69. The lowest BCUT2D eigenvalue weighted by Crippen LogP contribution is -2.33. The number of nitriles is 1. The Morgan fingerprint density at radius 2 is 1.85 bits per heavy atom. The minimum atomic E-state index is -1.12. The number of hydrogen-bond donors (Lipinski definition) is 1. The van der Waals surface area contributed by atoms with Gasteiger partial charge in [-0.15, -0.1) is 0 Å². The van der Waals surface area contributed by atoms with Crippen molar-refractivity contribution >= 4 is 40.8 Å². The van der Waals surface area contributed by atoms with Crippen LogP contribution in [-0.4, -0.2) is 48.6 Å². The molecule has 0 aliphatic carbocycles. The lowest BCUT2D eigenvalue weighted by molar-refractivity contribution is -0.384. The maximum atomic E-state index is 13.4. The van der Waals surface area contributed by atoms with Gasteiger partial charge in [-0.05, 0) is 44.2 Å². The fourth-order valence-electron chi connectivity index (χ4n) is 4.17. The van der Waals surface area contributed by atoms with Crippen molar-refractivity contribution in [3.05, 3.63) is 96.3 Å². The Morgan fingerprint density at radius 1 is 1.13 bits per heavy atom. The second kappa shape index (κ2) is 13.2. The van der Waals surface area contributed by atoms with Crippen LogP contribution in [0.3, 0.4) is 0 Å². The van der Waals surface area contributed by atoms with Crippen LogP contribution in [0.5, 0.6) is 0 Å². The van der Waals surface area contributed by atoms with Crippen LogP contribution < -0.4 is 5.32 Å². The van der Waals surface area contributed by atoms with Crippen LogP contribution in [0.4, 0.5) is 5.69 Å². The van der Waals surface area contributed by atoms with Gasteiger partial charge < -0.3 is 14.8 Å². The zero-order valence-electron chi connectivity index (χ0n) is 21.5. The van der Waals surface area contributed by atoms with E-state index in [4.69, 9.17) is 32.7 Å². The van der Waals surface area contributed by atoms with E-state index in [9.17, 15) is 25.0 Å². The number of nitrogens with zero attached hydrogens (tertiary/aromatic N) is 3. The second-order valence-electron chi connectivity index (χ2n) is 8.69. The molecule has 1 aliphatic rings. The molecule has 0 saturated carbocycles. The Labute approximate surface area is 235 Å². The molecule has 0 radical (unpaired) electrons. The number of benzene rings is 2. The van der Waals surface area contributed by atoms with Gasteiger partial charge in [-0.2, -0.15) is 5.26 Å². The zero-order valence-corrected chi connectivity index (χ0v) is 23.0. The predicted molar refractivity (Wildman–Crippen MR) is 145 cm³/mol. The van der Waals surface area contributed by atoms with Gasteiger partial charge in [-0.25, -0.2) is 9.59 Å². The molecule has 1 aliphatic heterocycles. The van der Waals surface area contributed by atoms with E-state index in [0.29, 0.717) is 23.1 Å². The van der Waals surface area contributed by atoms with Crippen molar-refractivity contribution in [2.24, 2.45) is 0 Å². The molecule has 204 valence electrons. The van der Waals surface area contributed by atoms with Crippen molar-refractivity contribution in [1.82, 2.24) is 10.2 Å². The van der Waals surface area contributed by atoms with E-state index >= 15 is 0 Å². The molecular formula is C27H26Cl2N4O6. The fourth-order valence-corrected chi connectivity index (χ4v) is 4.49. The normalized spacial score (nSPS) is 15.1. The molecule has 0 bridgehead atoms. The minimum Gasteiger partial charge on any atom is -0.463 e. The van der Waals surface area contributed by atoms with Gasteiger partial charge in [0.1, 0.15) is 18.4 Å². The first-order valence-electron chi connectivity index (χ1n) is 11.9. The number of nitro benzene ring substituents is 1. The molecule has 1 N–H and O–H groups in total. The molecule has 0 amide bonds. The van der Waals surface area contributed by atoms with Crippen molar-refractivity contribution in [3.8, 4) is 6.07 Å². The van der Waals surface area contributed by atoms with Crippen molar-refractivity contribution in [3.63, 3.8) is 0 Å². The SMILES string of the molecule is CCOC(=O)C1=C(C#N)NC(C)=C(C(=O)OCCN(C)Cc2ccc(Cl)c(Cl)c2)C1c1cccc([N+](=O)[O-])c1. The van der Waals surface area contributed by atoms with Gasteiger partial charge in [0.25, 0.3) is 5.69 Å². The van der Waals surface area contributed by atoms with E-state index in [1.165, 1.54) is 18.2 Å². The highest BCUT2D eigenvalue weighted by atomic mass is 35.5. The summed E-state index contributed by atoms with van der Waals surface area (Å²) >= 11 is 12.1. The third kappa shape index (κ3) is 7.15. The number of allylic oxidation sites excluding steroid dienone is 2. The average molecular weight is 573 g/mol. The lowest BCUT2D eigenvalue weighted by atomic mass is 9.80. The number of ether oxygens (including phenoxy) is 2. The first-order valence-corrected chi connectivity index (χ1v) is 12.7. The van der Waals surface area contributed by atoms with Crippen LogP contribution in [-0.2, 0) is 25.6 Å². The number of likely N-dealkylation sites (N-methyl/N-ethyl adjacent to an activating group) is 1. The van der Waals surface area contributed by atoms with Gasteiger partial charge in [0.05, 0.1) is 38.6 Å². The minimum absolute atomic E-state index is 0.0126. The summed E-state index contributed by atoms with van der Waals surface area (Å²) in [5.41, 5.74) is 1.04. The molecule has 1 heterocycles. The van der Waals surface area contributed by atoms with Crippen molar-refractivity contribution in [2.45, 2.75) is 26.3 Å². The van der Waals surface area contributed by atoms with Gasteiger partial charge in [-0.3, -0.25) is 15.0 Å². The molecular weight excluding hydrogens is 547 g/mol. The van der Waals surface area contributed by atoms with Crippen molar-refractivity contribution in [2.75, 3.05) is 26.8 Å². The molecule has 12 heteroatoms. The van der Waals surface area contributed by atoms with Crippen LogP contribution in [0.2, 0.25) is 10.0 Å². The van der Waals surface area contributed by atoms with E-state index in [0.717, 1.165) is 5.56 Å². The van der Waals surface area contributed by atoms with Gasteiger partial charge in [0.2, 0.25) is 0 Å². The average Bonchev–Trinajstić information content (AvgIpc) is 2.90. The first kappa shape index (κ1) is 29.6. The number of dihydropyridines is 1. The Hall–Kier alpha value is -3.91. The van der Waals surface area contributed by atoms with Crippen molar-refractivity contribution in [1.29, 1.82) is 5.26 Å². The van der Waals surface area contributed by atoms with Gasteiger partial charge in [0, 0.05) is 30.9 Å². The standard InChI is InChI=1S/C27H26Cl2N4O6/c1-4-38-27(35)25-22(14-30)31-16(2)23(24(25)18-6-5-7-19(13-18)33(36)37)26(34)39-11-10-32(3)15-17-8-9-20(28)21(29)12-17/h5-9,12-13,24,31H,4,10-11,15H2,1-3H3. The van der Waals surface area contributed by atoms with Crippen LogP contribution in [0.1, 0.15) is 30.9 Å². The third-order valence-electron chi connectivity index (χ3n) is 5.95. The molecule has 0 aromatic heterocycles. The summed E-state index contributed by atoms with van der Waals surface area (Å²) in [6.07, 6.45) is 0. The summed E-state index contributed by atoms with van der Waals surface area (Å²) in [6, 6.07) is 12.8. The summed E-state index contributed by atoms with van der Waals surface area (Å²) in [4.78, 5) is 39.1. The summed E-state index contributed by atoms with van der Waals surface area (Å²) in [5, 5.41) is 24.9. The van der Waals surface area contributed by atoms with Crippen LogP contribution in [0.25, 0.3) is 0 Å². The maximum Gasteiger partial charge on any atom is 0.337 e. The second-order valence-corrected chi connectivity index (χ2v) is 9.51. The highest BCUT2D eigenvalue weighted by Gasteiger charge is 2.39. The molecule has 0 saturated heterocycles. The fraction of sp³-hybridized carbons (Fsp3) is 0.296. The quantitative estimate of drug-likeness (QED) is 0.240. The van der Waals surface area contributed by atoms with Crippen LogP contribution in [0, 0.1) is 21.4 Å². The van der Waals surface area contributed by atoms with E-state index < -0.39 is 22.8 Å². The highest BCUT2D eigenvalue weighted by Crippen LogP contribution is 2.40. The monoisotopic (exact) mass is 572 g/mol. The Kier molecular flexibility index (Phi) is 10.1. The Morgan fingerprint density at radius 3 is 2.49 bits per heavy atom. The summed E-state index contributed by atoms with van der Waals surface area (Å²) < 4.78 is 10.7. The van der Waals surface area contributed by atoms with E-state index in [-0.39, 0.29) is 47.0 Å². The number of nitrogens with one attached hydrogen (secondary N) is 1. The Bertz CT molecular complexity index is 1400. The number of esters is 2. The smallest absolute Gasteiger partial charge is 0.337 e. The van der Waals surface area contributed by atoms with Gasteiger partial charge in [-0.1, -0.05) is 41.4 Å². The molecule has 2 aromatic carbocycles. The number of rotatable bonds is 10. The molecule has 0 spiro atoms. The first-order chi connectivity index (χ1) is 18.6. The zero-order chi connectivity index (χ0) is 28.7. The molecule has 3 rings (SSSR count). The van der Waals surface area contributed by atoms with Gasteiger partial charge >= 0.3 is 11.9 Å². The van der Waals surface area contributed by atoms with E-state index in [1.807, 2.05) is 24.1 Å². The number of carbonyl (C=O) groups is 2. The van der Waals surface area contributed by atoms with Crippen LogP contribution >= 0.6 is 23.2 Å². The number of non-ortho nitro benzene ring substituents is 1. The Balaban J connectivity index is 1.87. The highest BCUT2D eigenvalue weighted by molar-refractivity contribution is 6.42.